The molecule has 1 aliphatic heterocycles. The van der Waals surface area contributed by atoms with Crippen molar-refractivity contribution in [1.29, 1.82) is 0 Å². The van der Waals surface area contributed by atoms with E-state index in [4.69, 9.17) is 16.3 Å². The maximum Gasteiger partial charge on any atom is 0.126 e. The molecule has 104 valence electrons. The second-order valence-corrected chi connectivity index (χ2v) is 5.44. The molecular formula is C16H17ClN2O. The van der Waals surface area contributed by atoms with E-state index in [2.05, 4.69) is 16.4 Å². The highest BCUT2D eigenvalue weighted by atomic mass is 35.5. The average Bonchev–Trinajstić information content (AvgIpc) is 3.01. The van der Waals surface area contributed by atoms with E-state index in [0.29, 0.717) is 11.1 Å². The summed E-state index contributed by atoms with van der Waals surface area (Å²) in [6, 6.07) is 8.22. The van der Waals surface area contributed by atoms with Gasteiger partial charge < -0.3 is 10.1 Å². The lowest BCUT2D eigenvalue weighted by Gasteiger charge is -2.13. The Morgan fingerprint density at radius 1 is 1.30 bits per heavy atom. The fraction of sp³-hybridized carbons (Fsp3) is 0.312. The molecule has 20 heavy (non-hydrogen) atoms. The summed E-state index contributed by atoms with van der Waals surface area (Å²) in [6.07, 6.45) is 6.17. The number of benzene rings is 1. The molecule has 3 nitrogen and oxygen atoms in total. The van der Waals surface area contributed by atoms with E-state index in [1.807, 2.05) is 30.6 Å². The quantitative estimate of drug-likeness (QED) is 0.932. The van der Waals surface area contributed by atoms with Crippen LogP contribution in [0.1, 0.15) is 24.4 Å². The summed E-state index contributed by atoms with van der Waals surface area (Å²) in [6.45, 7) is 1.08. The Labute approximate surface area is 123 Å². The van der Waals surface area contributed by atoms with E-state index < -0.39 is 0 Å². The van der Waals surface area contributed by atoms with Crippen molar-refractivity contribution in [3.8, 4) is 16.9 Å². The normalized spacial score (nSPS) is 18.2. The number of pyridine rings is 1. The molecule has 3 rings (SSSR count). The highest BCUT2D eigenvalue weighted by Crippen LogP contribution is 2.34. The monoisotopic (exact) mass is 288 g/mol. The second-order valence-electron chi connectivity index (χ2n) is 5.00. The molecule has 4 heteroatoms. The van der Waals surface area contributed by atoms with Gasteiger partial charge in [0.2, 0.25) is 0 Å². The van der Waals surface area contributed by atoms with E-state index in [1.165, 1.54) is 12.0 Å². The Balaban J connectivity index is 2.01. The van der Waals surface area contributed by atoms with Gasteiger partial charge >= 0.3 is 0 Å². The van der Waals surface area contributed by atoms with Crippen LogP contribution in [0.2, 0.25) is 5.02 Å². The van der Waals surface area contributed by atoms with Gasteiger partial charge in [0.25, 0.3) is 0 Å². The predicted molar refractivity (Wildman–Crippen MR) is 81.2 cm³/mol. The first-order chi connectivity index (χ1) is 9.78. The molecule has 1 N–H and O–H groups in total. The van der Waals surface area contributed by atoms with Crippen molar-refractivity contribution in [2.75, 3.05) is 13.7 Å². The number of hydrogen-bond donors (Lipinski definition) is 1. The molecule has 1 aliphatic rings. The molecule has 1 atom stereocenters. The topological polar surface area (TPSA) is 34.1 Å². The average molecular weight is 289 g/mol. The van der Waals surface area contributed by atoms with Crippen molar-refractivity contribution in [2.24, 2.45) is 0 Å². The molecular weight excluding hydrogens is 272 g/mol. The van der Waals surface area contributed by atoms with Gasteiger partial charge in [-0.15, -0.1) is 0 Å². The van der Waals surface area contributed by atoms with Gasteiger partial charge in [-0.3, -0.25) is 4.98 Å². The van der Waals surface area contributed by atoms with Crippen LogP contribution in [0.3, 0.4) is 0 Å². The zero-order chi connectivity index (χ0) is 13.9. The first-order valence-corrected chi connectivity index (χ1v) is 7.18. The number of halogens is 1. The van der Waals surface area contributed by atoms with Crippen molar-refractivity contribution in [3.63, 3.8) is 0 Å². The Kier molecular flexibility index (Phi) is 3.90. The molecule has 1 fully saturated rings. The molecule has 0 spiro atoms. The third-order valence-corrected chi connectivity index (χ3v) is 3.93. The SMILES string of the molecule is COc1ccc(Cl)cc1-c1cncc([C@@H]2CCCN2)c1. The number of methoxy groups -OCH3 is 1. The maximum atomic E-state index is 6.10. The van der Waals surface area contributed by atoms with Gasteiger partial charge in [-0.1, -0.05) is 11.6 Å². The van der Waals surface area contributed by atoms with E-state index in [9.17, 15) is 0 Å². The number of aromatic nitrogens is 1. The minimum atomic E-state index is 0.410. The summed E-state index contributed by atoms with van der Waals surface area (Å²) >= 11 is 6.10. The van der Waals surface area contributed by atoms with Crippen LogP contribution in [-0.4, -0.2) is 18.6 Å². The Morgan fingerprint density at radius 3 is 2.95 bits per heavy atom. The third kappa shape index (κ3) is 2.65. The molecule has 1 saturated heterocycles. The van der Waals surface area contributed by atoms with Crippen LogP contribution < -0.4 is 10.1 Å². The summed E-state index contributed by atoms with van der Waals surface area (Å²) in [5.74, 6) is 0.813. The van der Waals surface area contributed by atoms with E-state index >= 15 is 0 Å². The molecule has 2 heterocycles. The fourth-order valence-corrected chi connectivity index (χ4v) is 2.84. The van der Waals surface area contributed by atoms with Gasteiger partial charge in [-0.2, -0.15) is 0 Å². The smallest absolute Gasteiger partial charge is 0.126 e. The lowest BCUT2D eigenvalue weighted by molar-refractivity contribution is 0.416. The molecule has 1 aromatic carbocycles. The van der Waals surface area contributed by atoms with E-state index in [0.717, 1.165) is 29.8 Å². The first-order valence-electron chi connectivity index (χ1n) is 6.80. The van der Waals surface area contributed by atoms with Crippen LogP contribution in [0.25, 0.3) is 11.1 Å². The van der Waals surface area contributed by atoms with Crippen molar-refractivity contribution in [3.05, 3.63) is 47.2 Å². The summed E-state index contributed by atoms with van der Waals surface area (Å²) in [5.41, 5.74) is 3.24. The van der Waals surface area contributed by atoms with Gasteiger partial charge in [-0.25, -0.2) is 0 Å². The predicted octanol–water partition coefficient (Wildman–Crippen LogP) is 3.84. The zero-order valence-corrected chi connectivity index (χ0v) is 12.2. The van der Waals surface area contributed by atoms with Crippen molar-refractivity contribution >= 4 is 11.6 Å². The van der Waals surface area contributed by atoms with E-state index in [-0.39, 0.29) is 0 Å². The molecule has 0 aliphatic carbocycles. The first kappa shape index (κ1) is 13.4. The number of ether oxygens (including phenoxy) is 1. The molecule has 0 saturated carbocycles. The number of nitrogens with zero attached hydrogens (tertiary/aromatic N) is 1. The highest BCUT2D eigenvalue weighted by molar-refractivity contribution is 6.31. The Bertz CT molecular complexity index is 609. The Morgan fingerprint density at radius 2 is 2.20 bits per heavy atom. The summed E-state index contributed by atoms with van der Waals surface area (Å²) in [5, 5.41) is 4.19. The number of rotatable bonds is 3. The van der Waals surface area contributed by atoms with Crippen molar-refractivity contribution in [1.82, 2.24) is 10.3 Å². The largest absolute Gasteiger partial charge is 0.496 e. The van der Waals surface area contributed by atoms with Gasteiger partial charge in [-0.05, 0) is 49.2 Å². The Hall–Kier alpha value is -1.58. The lowest BCUT2D eigenvalue weighted by atomic mass is 10.0. The molecule has 0 unspecified atom stereocenters. The molecule has 2 aromatic rings. The minimum absolute atomic E-state index is 0.410. The van der Waals surface area contributed by atoms with Crippen LogP contribution in [0.4, 0.5) is 0 Å². The van der Waals surface area contributed by atoms with Crippen LogP contribution in [0.5, 0.6) is 5.75 Å². The van der Waals surface area contributed by atoms with Gasteiger partial charge in [0.15, 0.2) is 0 Å². The van der Waals surface area contributed by atoms with Gasteiger partial charge in [0.05, 0.1) is 7.11 Å². The molecule has 0 amide bonds. The van der Waals surface area contributed by atoms with Gasteiger partial charge in [0.1, 0.15) is 5.75 Å². The number of hydrogen-bond acceptors (Lipinski definition) is 3. The van der Waals surface area contributed by atoms with Crippen LogP contribution in [0, 0.1) is 0 Å². The summed E-state index contributed by atoms with van der Waals surface area (Å²) in [4.78, 5) is 4.37. The van der Waals surface area contributed by atoms with Crippen molar-refractivity contribution in [2.45, 2.75) is 18.9 Å². The van der Waals surface area contributed by atoms with Crippen LogP contribution >= 0.6 is 11.6 Å². The second kappa shape index (κ2) is 5.81. The summed E-state index contributed by atoms with van der Waals surface area (Å²) in [7, 11) is 1.67. The third-order valence-electron chi connectivity index (χ3n) is 3.69. The van der Waals surface area contributed by atoms with Crippen LogP contribution in [-0.2, 0) is 0 Å². The van der Waals surface area contributed by atoms with Crippen LogP contribution in [0.15, 0.2) is 36.7 Å². The maximum absolute atomic E-state index is 6.10. The number of nitrogens with one attached hydrogen (secondary N) is 1. The highest BCUT2D eigenvalue weighted by Gasteiger charge is 2.17. The molecule has 0 radical (unpaired) electrons. The van der Waals surface area contributed by atoms with Crippen molar-refractivity contribution < 1.29 is 4.74 Å². The molecule has 0 bridgehead atoms. The van der Waals surface area contributed by atoms with E-state index in [1.54, 1.807) is 7.11 Å². The lowest BCUT2D eigenvalue weighted by Crippen LogP contribution is -2.13. The standard InChI is InChI=1S/C16H17ClN2O/c1-20-16-5-4-13(17)8-14(16)11-7-12(10-18-9-11)15-3-2-6-19-15/h4-5,7-10,15,19H,2-3,6H2,1H3/t15-/m0/s1. The minimum Gasteiger partial charge on any atom is -0.496 e. The summed E-state index contributed by atoms with van der Waals surface area (Å²) < 4.78 is 5.42. The zero-order valence-electron chi connectivity index (χ0n) is 11.4. The fourth-order valence-electron chi connectivity index (χ4n) is 2.67. The molecule has 1 aromatic heterocycles. The van der Waals surface area contributed by atoms with Gasteiger partial charge in [0, 0.05) is 34.6 Å².